The van der Waals surface area contributed by atoms with Crippen molar-refractivity contribution in [2.75, 3.05) is 13.2 Å². The van der Waals surface area contributed by atoms with Gasteiger partial charge in [0.05, 0.1) is 6.54 Å². The Hall–Kier alpha value is -2.24. The van der Waals surface area contributed by atoms with Crippen molar-refractivity contribution in [1.82, 2.24) is 10.6 Å². The highest BCUT2D eigenvalue weighted by molar-refractivity contribution is 5.82. The summed E-state index contributed by atoms with van der Waals surface area (Å²) in [5, 5.41) is 13.9. The Labute approximate surface area is 118 Å². The van der Waals surface area contributed by atoms with E-state index in [1.807, 2.05) is 30.3 Å². The molecule has 0 heterocycles. The van der Waals surface area contributed by atoms with Crippen LogP contribution in [0, 0.1) is 5.92 Å². The molecule has 1 atom stereocenters. The normalized spacial score (nSPS) is 11.8. The fourth-order valence-electron chi connectivity index (χ4n) is 1.56. The van der Waals surface area contributed by atoms with Crippen LogP contribution in [0.1, 0.15) is 13.8 Å². The third-order valence-corrected chi connectivity index (χ3v) is 2.62. The second-order valence-electron chi connectivity index (χ2n) is 4.62. The number of amides is 2. The van der Waals surface area contributed by atoms with E-state index < -0.39 is 18.0 Å². The van der Waals surface area contributed by atoms with Crippen LogP contribution in [0.3, 0.4) is 0 Å². The van der Waals surface area contributed by atoms with Crippen LogP contribution in [0.2, 0.25) is 0 Å². The Kier molecular flexibility index (Phi) is 6.36. The first-order valence-corrected chi connectivity index (χ1v) is 6.45. The van der Waals surface area contributed by atoms with Crippen LogP contribution < -0.4 is 15.4 Å². The molecule has 6 nitrogen and oxygen atoms in total. The number of carboxylic acids is 1. The van der Waals surface area contributed by atoms with E-state index in [0.717, 1.165) is 5.75 Å². The molecule has 110 valence electrons. The van der Waals surface area contributed by atoms with Crippen LogP contribution in [0.15, 0.2) is 30.3 Å². The van der Waals surface area contributed by atoms with Crippen molar-refractivity contribution in [3.8, 4) is 5.75 Å². The van der Waals surface area contributed by atoms with Crippen LogP contribution >= 0.6 is 0 Å². The van der Waals surface area contributed by atoms with Gasteiger partial charge in [-0.1, -0.05) is 32.0 Å². The van der Waals surface area contributed by atoms with E-state index >= 15 is 0 Å². The Bertz CT molecular complexity index is 434. The molecule has 2 amide bonds. The van der Waals surface area contributed by atoms with Crippen molar-refractivity contribution in [1.29, 1.82) is 0 Å². The smallest absolute Gasteiger partial charge is 0.326 e. The predicted molar refractivity (Wildman–Crippen MR) is 74.7 cm³/mol. The van der Waals surface area contributed by atoms with E-state index in [9.17, 15) is 9.59 Å². The molecular weight excluding hydrogens is 260 g/mol. The first-order chi connectivity index (χ1) is 9.50. The molecule has 0 aliphatic heterocycles. The van der Waals surface area contributed by atoms with E-state index in [0.29, 0.717) is 13.2 Å². The van der Waals surface area contributed by atoms with Gasteiger partial charge in [0.2, 0.25) is 0 Å². The summed E-state index contributed by atoms with van der Waals surface area (Å²) < 4.78 is 5.40. The summed E-state index contributed by atoms with van der Waals surface area (Å²) in [6.45, 7) is 4.08. The third-order valence-electron chi connectivity index (χ3n) is 2.62. The Morgan fingerprint density at radius 3 is 2.45 bits per heavy atom. The van der Waals surface area contributed by atoms with Gasteiger partial charge in [0.15, 0.2) is 0 Å². The summed E-state index contributed by atoms with van der Waals surface area (Å²) in [5.74, 6) is -0.505. The average Bonchev–Trinajstić information content (AvgIpc) is 2.41. The van der Waals surface area contributed by atoms with E-state index in [4.69, 9.17) is 9.84 Å². The molecule has 0 saturated carbocycles. The van der Waals surface area contributed by atoms with E-state index in [2.05, 4.69) is 10.6 Å². The van der Waals surface area contributed by atoms with Crippen molar-refractivity contribution in [3.05, 3.63) is 30.3 Å². The maximum absolute atomic E-state index is 11.5. The van der Waals surface area contributed by atoms with Crippen molar-refractivity contribution in [2.45, 2.75) is 19.9 Å². The van der Waals surface area contributed by atoms with Gasteiger partial charge in [0, 0.05) is 0 Å². The Morgan fingerprint density at radius 1 is 1.25 bits per heavy atom. The number of para-hydroxylation sites is 1. The second kappa shape index (κ2) is 8.04. The lowest BCUT2D eigenvalue weighted by atomic mass is 10.1. The molecule has 3 N–H and O–H groups in total. The number of hydrogen-bond acceptors (Lipinski definition) is 3. The fraction of sp³-hybridized carbons (Fsp3) is 0.429. The zero-order valence-corrected chi connectivity index (χ0v) is 11.6. The largest absolute Gasteiger partial charge is 0.492 e. The maximum atomic E-state index is 11.5. The zero-order chi connectivity index (χ0) is 15.0. The van der Waals surface area contributed by atoms with Crippen molar-refractivity contribution in [3.63, 3.8) is 0 Å². The maximum Gasteiger partial charge on any atom is 0.326 e. The molecule has 0 radical (unpaired) electrons. The summed E-state index contributed by atoms with van der Waals surface area (Å²) in [6, 6.07) is 7.83. The number of carbonyl (C=O) groups excluding carboxylic acids is 1. The van der Waals surface area contributed by atoms with Gasteiger partial charge >= 0.3 is 12.0 Å². The van der Waals surface area contributed by atoms with Crippen LogP contribution in [0.4, 0.5) is 4.79 Å². The minimum atomic E-state index is -1.05. The zero-order valence-electron chi connectivity index (χ0n) is 11.6. The molecule has 0 unspecified atom stereocenters. The second-order valence-corrected chi connectivity index (χ2v) is 4.62. The molecule has 1 rings (SSSR count). The van der Waals surface area contributed by atoms with Gasteiger partial charge in [-0.05, 0) is 18.1 Å². The topological polar surface area (TPSA) is 87.7 Å². The first-order valence-electron chi connectivity index (χ1n) is 6.45. The summed E-state index contributed by atoms with van der Waals surface area (Å²) in [6.07, 6.45) is 0. The number of nitrogens with one attached hydrogen (secondary N) is 2. The van der Waals surface area contributed by atoms with Crippen molar-refractivity contribution in [2.24, 2.45) is 5.92 Å². The molecule has 0 aliphatic rings. The lowest BCUT2D eigenvalue weighted by molar-refractivity contribution is -0.140. The minimum absolute atomic E-state index is 0.182. The summed E-state index contributed by atoms with van der Waals surface area (Å²) in [5.41, 5.74) is 0. The number of carbonyl (C=O) groups is 2. The molecule has 6 heteroatoms. The molecular formula is C14H20N2O4. The molecule has 0 saturated heterocycles. The van der Waals surface area contributed by atoms with Crippen molar-refractivity contribution >= 4 is 12.0 Å². The van der Waals surface area contributed by atoms with E-state index in [1.165, 1.54) is 0 Å². The van der Waals surface area contributed by atoms with Crippen molar-refractivity contribution < 1.29 is 19.4 Å². The number of rotatable bonds is 7. The lowest BCUT2D eigenvalue weighted by Gasteiger charge is -2.18. The molecule has 0 aromatic heterocycles. The Morgan fingerprint density at radius 2 is 1.90 bits per heavy atom. The molecule has 0 spiro atoms. The molecule has 1 aromatic carbocycles. The Balaban J connectivity index is 2.24. The summed E-state index contributed by atoms with van der Waals surface area (Å²) >= 11 is 0. The van der Waals surface area contributed by atoms with Crippen LogP contribution in [0.5, 0.6) is 5.75 Å². The monoisotopic (exact) mass is 280 g/mol. The van der Waals surface area contributed by atoms with Gasteiger partial charge < -0.3 is 20.5 Å². The standard InChI is InChI=1S/C14H20N2O4/c1-10(2)12(13(17)18)16-14(19)15-8-9-20-11-6-4-3-5-7-11/h3-7,10,12H,8-9H2,1-2H3,(H,17,18)(H2,15,16,19)/t12-/m0/s1. The molecule has 20 heavy (non-hydrogen) atoms. The van der Waals surface area contributed by atoms with Gasteiger partial charge in [-0.25, -0.2) is 9.59 Å². The number of ether oxygens (including phenoxy) is 1. The highest BCUT2D eigenvalue weighted by atomic mass is 16.5. The van der Waals surface area contributed by atoms with Gasteiger partial charge in [-0.2, -0.15) is 0 Å². The summed E-state index contributed by atoms with van der Waals surface area (Å²) in [4.78, 5) is 22.5. The highest BCUT2D eigenvalue weighted by Gasteiger charge is 2.22. The lowest BCUT2D eigenvalue weighted by Crippen LogP contribution is -2.49. The van der Waals surface area contributed by atoms with E-state index in [1.54, 1.807) is 13.8 Å². The molecule has 0 aliphatic carbocycles. The number of aliphatic carboxylic acids is 1. The van der Waals surface area contributed by atoms with E-state index in [-0.39, 0.29) is 5.92 Å². The number of carboxylic acid groups (broad SMARTS) is 1. The number of hydrogen-bond donors (Lipinski definition) is 3. The molecule has 1 aromatic rings. The molecule has 0 fully saturated rings. The SMILES string of the molecule is CC(C)[C@H](NC(=O)NCCOc1ccccc1)C(=O)O. The molecule has 0 bridgehead atoms. The number of benzene rings is 1. The fourth-order valence-corrected chi connectivity index (χ4v) is 1.56. The third kappa shape index (κ3) is 5.60. The summed E-state index contributed by atoms with van der Waals surface area (Å²) in [7, 11) is 0. The van der Waals surface area contributed by atoms with Gasteiger partial charge in [0.25, 0.3) is 0 Å². The quantitative estimate of drug-likeness (QED) is 0.660. The predicted octanol–water partition coefficient (Wildman–Crippen LogP) is 1.47. The minimum Gasteiger partial charge on any atom is -0.492 e. The van der Waals surface area contributed by atoms with Gasteiger partial charge in [-0.15, -0.1) is 0 Å². The number of urea groups is 1. The van der Waals surface area contributed by atoms with Crippen LogP contribution in [0.25, 0.3) is 0 Å². The first kappa shape index (κ1) is 15.8. The van der Waals surface area contributed by atoms with Crippen LogP contribution in [-0.2, 0) is 4.79 Å². The average molecular weight is 280 g/mol. The van der Waals surface area contributed by atoms with Gasteiger partial charge in [-0.3, -0.25) is 0 Å². The van der Waals surface area contributed by atoms with Crippen LogP contribution in [-0.4, -0.2) is 36.3 Å². The van der Waals surface area contributed by atoms with Gasteiger partial charge in [0.1, 0.15) is 18.4 Å². The highest BCUT2D eigenvalue weighted by Crippen LogP contribution is 2.07.